The van der Waals surface area contributed by atoms with Crippen LogP contribution < -0.4 is 10.2 Å². The third kappa shape index (κ3) is 4.06. The van der Waals surface area contributed by atoms with Gasteiger partial charge in [0.05, 0.1) is 6.04 Å². The van der Waals surface area contributed by atoms with E-state index in [1.54, 1.807) is 12.3 Å². The van der Waals surface area contributed by atoms with Gasteiger partial charge in [0, 0.05) is 18.4 Å². The normalized spacial score (nSPS) is 11.6. The molecule has 0 saturated carbocycles. The van der Waals surface area contributed by atoms with E-state index < -0.39 is 0 Å². The van der Waals surface area contributed by atoms with Crippen molar-refractivity contribution >= 4 is 17.5 Å². The van der Waals surface area contributed by atoms with Crippen LogP contribution in [0.4, 0.5) is 11.6 Å². The largest absolute Gasteiger partial charge is 0.344 e. The summed E-state index contributed by atoms with van der Waals surface area (Å²) in [7, 11) is 0. The molecule has 2 aromatic carbocycles. The average molecular weight is 346 g/mol. The molecule has 1 unspecified atom stereocenters. The number of anilines is 2. The van der Waals surface area contributed by atoms with E-state index in [1.165, 1.54) is 0 Å². The van der Waals surface area contributed by atoms with Gasteiger partial charge in [-0.05, 0) is 37.6 Å². The Hall–Kier alpha value is -3.21. The van der Waals surface area contributed by atoms with Crippen molar-refractivity contribution in [1.82, 2.24) is 15.3 Å². The molecule has 1 N–H and O–H groups in total. The van der Waals surface area contributed by atoms with Gasteiger partial charge in [-0.1, -0.05) is 48.5 Å². The first-order valence-corrected chi connectivity index (χ1v) is 8.70. The minimum Gasteiger partial charge on any atom is -0.344 e. The van der Waals surface area contributed by atoms with Crippen molar-refractivity contribution < 1.29 is 4.79 Å². The van der Waals surface area contributed by atoms with Crippen LogP contribution in [0, 0.1) is 0 Å². The van der Waals surface area contributed by atoms with Crippen molar-refractivity contribution in [3.63, 3.8) is 0 Å². The third-order valence-electron chi connectivity index (χ3n) is 4.15. The van der Waals surface area contributed by atoms with E-state index in [1.807, 2.05) is 79.4 Å². The van der Waals surface area contributed by atoms with Crippen molar-refractivity contribution in [2.75, 3.05) is 11.4 Å². The smallest absolute Gasteiger partial charge is 0.270 e. The van der Waals surface area contributed by atoms with E-state index >= 15 is 0 Å². The molecule has 5 heteroatoms. The Morgan fingerprint density at radius 2 is 1.69 bits per heavy atom. The van der Waals surface area contributed by atoms with E-state index in [-0.39, 0.29) is 11.9 Å². The Labute approximate surface area is 153 Å². The van der Waals surface area contributed by atoms with Gasteiger partial charge in [-0.3, -0.25) is 4.79 Å². The maximum Gasteiger partial charge on any atom is 0.270 e. The molecule has 0 aliphatic heterocycles. The fraction of sp³-hybridized carbons (Fsp3) is 0.190. The highest BCUT2D eigenvalue weighted by Gasteiger charge is 2.16. The lowest BCUT2D eigenvalue weighted by atomic mass is 10.1. The molecule has 0 fully saturated rings. The molecule has 26 heavy (non-hydrogen) atoms. The predicted octanol–water partition coefficient (Wildman–Crippen LogP) is 4.13. The molecule has 0 aliphatic rings. The molecule has 1 heterocycles. The Bertz CT molecular complexity index is 852. The highest BCUT2D eigenvalue weighted by atomic mass is 16.1. The van der Waals surface area contributed by atoms with Gasteiger partial charge in [0.2, 0.25) is 5.95 Å². The number of aromatic nitrogens is 2. The number of nitrogens with zero attached hydrogens (tertiary/aromatic N) is 3. The van der Waals surface area contributed by atoms with Gasteiger partial charge in [0.1, 0.15) is 5.69 Å². The van der Waals surface area contributed by atoms with Gasteiger partial charge < -0.3 is 10.2 Å². The summed E-state index contributed by atoms with van der Waals surface area (Å²) in [6.07, 6.45) is 1.62. The number of carbonyl (C=O) groups excluding carboxylic acids is 1. The number of benzene rings is 2. The van der Waals surface area contributed by atoms with Crippen LogP contribution >= 0.6 is 0 Å². The lowest BCUT2D eigenvalue weighted by Crippen LogP contribution is -2.28. The lowest BCUT2D eigenvalue weighted by molar-refractivity contribution is 0.0934. The second-order valence-electron chi connectivity index (χ2n) is 5.93. The first kappa shape index (κ1) is 17.6. The SMILES string of the molecule is CCN(c1ccccc1)c1nccc(C(=O)NC(C)c2ccccc2)n1. The summed E-state index contributed by atoms with van der Waals surface area (Å²) in [5.41, 5.74) is 2.40. The van der Waals surface area contributed by atoms with Gasteiger partial charge in [-0.15, -0.1) is 0 Å². The van der Waals surface area contributed by atoms with E-state index in [0.29, 0.717) is 18.2 Å². The van der Waals surface area contributed by atoms with Gasteiger partial charge in [-0.2, -0.15) is 0 Å². The number of carbonyl (C=O) groups is 1. The van der Waals surface area contributed by atoms with Gasteiger partial charge >= 0.3 is 0 Å². The number of amides is 1. The Balaban J connectivity index is 1.79. The Morgan fingerprint density at radius 3 is 2.35 bits per heavy atom. The van der Waals surface area contributed by atoms with Crippen LogP contribution in [0.5, 0.6) is 0 Å². The highest BCUT2D eigenvalue weighted by molar-refractivity contribution is 5.92. The first-order valence-electron chi connectivity index (χ1n) is 8.70. The van der Waals surface area contributed by atoms with Crippen molar-refractivity contribution in [1.29, 1.82) is 0 Å². The molecular formula is C21H22N4O. The fourth-order valence-electron chi connectivity index (χ4n) is 2.75. The molecule has 0 bridgehead atoms. The molecule has 132 valence electrons. The number of para-hydroxylation sites is 1. The Morgan fingerprint density at radius 1 is 1.04 bits per heavy atom. The quantitative estimate of drug-likeness (QED) is 0.729. The summed E-state index contributed by atoms with van der Waals surface area (Å²) in [5, 5.41) is 2.99. The van der Waals surface area contributed by atoms with E-state index in [4.69, 9.17) is 0 Å². The molecule has 0 radical (unpaired) electrons. The van der Waals surface area contributed by atoms with E-state index in [0.717, 1.165) is 11.3 Å². The molecule has 0 saturated heterocycles. The van der Waals surface area contributed by atoms with E-state index in [9.17, 15) is 4.79 Å². The summed E-state index contributed by atoms with van der Waals surface area (Å²) < 4.78 is 0. The lowest BCUT2D eigenvalue weighted by Gasteiger charge is -2.21. The summed E-state index contributed by atoms with van der Waals surface area (Å²) in [6.45, 7) is 4.69. The van der Waals surface area contributed by atoms with Crippen molar-refractivity contribution in [3.05, 3.63) is 84.2 Å². The second kappa shape index (κ2) is 8.25. The zero-order valence-corrected chi connectivity index (χ0v) is 15.0. The molecule has 0 aliphatic carbocycles. The zero-order chi connectivity index (χ0) is 18.4. The number of rotatable bonds is 6. The predicted molar refractivity (Wildman–Crippen MR) is 103 cm³/mol. The van der Waals surface area contributed by atoms with Crippen LogP contribution in [0.1, 0.15) is 35.9 Å². The molecule has 3 aromatic rings. The van der Waals surface area contributed by atoms with E-state index in [2.05, 4.69) is 15.3 Å². The fourth-order valence-corrected chi connectivity index (χ4v) is 2.75. The van der Waals surface area contributed by atoms with Crippen LogP contribution in [-0.2, 0) is 0 Å². The first-order chi connectivity index (χ1) is 12.7. The van der Waals surface area contributed by atoms with Gasteiger partial charge in [0.15, 0.2) is 0 Å². The van der Waals surface area contributed by atoms with Crippen molar-refractivity contribution in [2.24, 2.45) is 0 Å². The minimum atomic E-state index is -0.214. The van der Waals surface area contributed by atoms with Crippen LogP contribution in [0.2, 0.25) is 0 Å². The molecule has 0 spiro atoms. The molecule has 1 aromatic heterocycles. The van der Waals surface area contributed by atoms with Crippen LogP contribution in [0.15, 0.2) is 72.9 Å². The topological polar surface area (TPSA) is 58.1 Å². The summed E-state index contributed by atoms with van der Waals surface area (Å²) >= 11 is 0. The van der Waals surface area contributed by atoms with Crippen LogP contribution in [-0.4, -0.2) is 22.4 Å². The monoisotopic (exact) mass is 346 g/mol. The standard InChI is InChI=1S/C21H22N4O/c1-3-25(18-12-8-5-9-13-18)21-22-15-14-19(24-21)20(26)23-16(2)17-10-6-4-7-11-17/h4-16H,3H2,1-2H3,(H,23,26). The molecule has 3 rings (SSSR count). The zero-order valence-electron chi connectivity index (χ0n) is 15.0. The van der Waals surface area contributed by atoms with Crippen LogP contribution in [0.25, 0.3) is 0 Å². The molecule has 1 amide bonds. The maximum atomic E-state index is 12.6. The number of nitrogens with one attached hydrogen (secondary N) is 1. The van der Waals surface area contributed by atoms with Crippen molar-refractivity contribution in [2.45, 2.75) is 19.9 Å². The molecule has 1 atom stereocenters. The van der Waals surface area contributed by atoms with Gasteiger partial charge in [0.25, 0.3) is 5.91 Å². The summed E-state index contributed by atoms with van der Waals surface area (Å²) in [4.78, 5) is 23.4. The van der Waals surface area contributed by atoms with Crippen LogP contribution in [0.3, 0.4) is 0 Å². The maximum absolute atomic E-state index is 12.6. The molecular weight excluding hydrogens is 324 g/mol. The Kier molecular flexibility index (Phi) is 5.59. The number of hydrogen-bond acceptors (Lipinski definition) is 4. The average Bonchev–Trinajstić information content (AvgIpc) is 2.70. The third-order valence-corrected chi connectivity index (χ3v) is 4.15. The summed E-state index contributed by atoms with van der Waals surface area (Å²) in [6, 6.07) is 21.3. The minimum absolute atomic E-state index is 0.0986. The number of hydrogen-bond donors (Lipinski definition) is 1. The summed E-state index contributed by atoms with van der Waals surface area (Å²) in [5.74, 6) is 0.299. The van der Waals surface area contributed by atoms with Crippen molar-refractivity contribution in [3.8, 4) is 0 Å². The second-order valence-corrected chi connectivity index (χ2v) is 5.93. The van der Waals surface area contributed by atoms with Gasteiger partial charge in [-0.25, -0.2) is 9.97 Å². The highest BCUT2D eigenvalue weighted by Crippen LogP contribution is 2.21. The molecule has 5 nitrogen and oxygen atoms in total.